The zero-order valence-electron chi connectivity index (χ0n) is 10.3. The van der Waals surface area contributed by atoms with Crippen molar-refractivity contribution in [1.29, 1.82) is 0 Å². The molecule has 0 atom stereocenters. The van der Waals surface area contributed by atoms with E-state index in [4.69, 9.17) is 10.5 Å². The van der Waals surface area contributed by atoms with Crippen LogP contribution in [0.5, 0.6) is 5.75 Å². The summed E-state index contributed by atoms with van der Waals surface area (Å²) in [6.45, 7) is 4.01. The van der Waals surface area contributed by atoms with Gasteiger partial charge in [-0.2, -0.15) is 0 Å². The summed E-state index contributed by atoms with van der Waals surface area (Å²) in [4.78, 5) is 4.27. The maximum atomic E-state index is 5.70. The predicted octanol–water partition coefficient (Wildman–Crippen LogP) is 2.46. The van der Waals surface area contributed by atoms with E-state index in [0.717, 1.165) is 17.0 Å². The van der Waals surface area contributed by atoms with Crippen molar-refractivity contribution in [3.05, 3.63) is 30.5 Å². The molecule has 4 heteroatoms. The Morgan fingerprint density at radius 1 is 1.24 bits per heavy atom. The molecule has 1 heterocycles. The van der Waals surface area contributed by atoms with Crippen molar-refractivity contribution in [3.63, 3.8) is 0 Å². The van der Waals surface area contributed by atoms with E-state index in [1.54, 1.807) is 4.57 Å². The number of anilines is 1. The first-order valence-electron chi connectivity index (χ1n) is 5.62. The second-order valence-corrected chi connectivity index (χ2v) is 4.29. The third kappa shape index (κ3) is 2.58. The van der Waals surface area contributed by atoms with E-state index in [0.29, 0.717) is 5.95 Å². The molecule has 0 aliphatic carbocycles. The molecule has 1 aromatic carbocycles. The van der Waals surface area contributed by atoms with E-state index >= 15 is 0 Å². The van der Waals surface area contributed by atoms with Gasteiger partial charge in [0.15, 0.2) is 5.95 Å². The number of hydrogen-bond donors (Lipinski definition) is 1. The number of hydrogen-bond acceptors (Lipinski definition) is 3. The molecule has 0 unspecified atom stereocenters. The Morgan fingerprint density at radius 3 is 2.35 bits per heavy atom. The van der Waals surface area contributed by atoms with Crippen LogP contribution in [0, 0.1) is 0 Å². The summed E-state index contributed by atoms with van der Waals surface area (Å²) in [6.07, 6.45) is 2.10. The van der Waals surface area contributed by atoms with Crippen LogP contribution >= 0.6 is 0 Å². The smallest absolute Gasteiger partial charge is 0.200 e. The molecule has 2 rings (SSSR count). The first-order chi connectivity index (χ1) is 8.06. The molecule has 0 fully saturated rings. The number of ether oxygens (including phenoxy) is 1. The van der Waals surface area contributed by atoms with Gasteiger partial charge in [-0.25, -0.2) is 4.98 Å². The molecule has 0 spiro atoms. The van der Waals surface area contributed by atoms with E-state index < -0.39 is 0 Å². The zero-order valence-corrected chi connectivity index (χ0v) is 10.3. The lowest BCUT2D eigenvalue weighted by Crippen LogP contribution is -2.05. The van der Waals surface area contributed by atoms with Crippen molar-refractivity contribution in [2.75, 3.05) is 5.73 Å². The average Bonchev–Trinajstić information content (AvgIpc) is 2.59. The fourth-order valence-electron chi connectivity index (χ4n) is 1.60. The number of nitrogens with zero attached hydrogens (tertiary/aromatic N) is 2. The maximum Gasteiger partial charge on any atom is 0.200 e. The lowest BCUT2D eigenvalue weighted by Gasteiger charge is -2.09. The Labute approximate surface area is 101 Å². The molecule has 0 saturated carbocycles. The normalized spacial score (nSPS) is 10.8. The molecule has 0 radical (unpaired) electrons. The van der Waals surface area contributed by atoms with Crippen LogP contribution in [0.4, 0.5) is 5.95 Å². The maximum absolute atomic E-state index is 5.70. The average molecular weight is 231 g/mol. The molecule has 0 aliphatic rings. The minimum atomic E-state index is 0.186. The largest absolute Gasteiger partial charge is 0.491 e. The van der Waals surface area contributed by atoms with Gasteiger partial charge in [-0.15, -0.1) is 0 Å². The molecule has 17 heavy (non-hydrogen) atoms. The summed E-state index contributed by atoms with van der Waals surface area (Å²) in [7, 11) is 1.88. The Balaban J connectivity index is 2.23. The first-order valence-corrected chi connectivity index (χ1v) is 5.62. The van der Waals surface area contributed by atoms with E-state index in [9.17, 15) is 0 Å². The lowest BCUT2D eigenvalue weighted by atomic mass is 10.1. The molecular weight excluding hydrogens is 214 g/mol. The number of aromatic nitrogens is 2. The van der Waals surface area contributed by atoms with Crippen LogP contribution < -0.4 is 10.5 Å². The van der Waals surface area contributed by atoms with Crippen LogP contribution in [0.3, 0.4) is 0 Å². The van der Waals surface area contributed by atoms with Gasteiger partial charge in [0.25, 0.3) is 0 Å². The highest BCUT2D eigenvalue weighted by molar-refractivity contribution is 5.61. The topological polar surface area (TPSA) is 53.1 Å². The number of benzene rings is 1. The number of nitrogen functional groups attached to an aromatic ring is 1. The van der Waals surface area contributed by atoms with E-state index in [1.165, 1.54) is 0 Å². The van der Waals surface area contributed by atoms with Gasteiger partial charge in [0.05, 0.1) is 11.8 Å². The monoisotopic (exact) mass is 231 g/mol. The Kier molecular flexibility index (Phi) is 3.04. The quantitative estimate of drug-likeness (QED) is 0.882. The van der Waals surface area contributed by atoms with Crippen molar-refractivity contribution < 1.29 is 4.74 Å². The fourth-order valence-corrected chi connectivity index (χ4v) is 1.60. The van der Waals surface area contributed by atoms with Crippen LogP contribution in [-0.4, -0.2) is 15.7 Å². The highest BCUT2D eigenvalue weighted by Gasteiger charge is 2.05. The van der Waals surface area contributed by atoms with Gasteiger partial charge < -0.3 is 15.0 Å². The number of nitrogens with two attached hydrogens (primary N) is 1. The Morgan fingerprint density at radius 2 is 1.88 bits per heavy atom. The molecule has 90 valence electrons. The Bertz CT molecular complexity index is 480. The molecule has 0 bridgehead atoms. The molecule has 1 aromatic heterocycles. The number of aryl methyl sites for hydroxylation is 1. The molecule has 0 amide bonds. The standard InChI is InChI=1S/C13H17N3O/c1-9(2)17-11-6-4-10(5-7-11)12-8-16(3)13(14)15-12/h4-9H,1-3H3,(H2,14,15). The van der Waals surface area contributed by atoms with E-state index in [2.05, 4.69) is 4.98 Å². The molecule has 2 N–H and O–H groups in total. The number of imidazole rings is 1. The van der Waals surface area contributed by atoms with Crippen LogP contribution in [0.1, 0.15) is 13.8 Å². The van der Waals surface area contributed by atoms with Crippen molar-refractivity contribution in [3.8, 4) is 17.0 Å². The van der Waals surface area contributed by atoms with Crippen LogP contribution in [0.15, 0.2) is 30.5 Å². The molecule has 0 saturated heterocycles. The van der Waals surface area contributed by atoms with Crippen LogP contribution in [0.2, 0.25) is 0 Å². The predicted molar refractivity (Wildman–Crippen MR) is 68.8 cm³/mol. The summed E-state index contributed by atoms with van der Waals surface area (Å²) >= 11 is 0. The van der Waals surface area contributed by atoms with Gasteiger partial charge in [-0.1, -0.05) is 0 Å². The SMILES string of the molecule is CC(C)Oc1ccc(-c2cn(C)c(N)n2)cc1. The minimum Gasteiger partial charge on any atom is -0.491 e. The summed E-state index contributed by atoms with van der Waals surface area (Å²) in [5, 5.41) is 0. The summed E-state index contributed by atoms with van der Waals surface area (Å²) in [5.41, 5.74) is 7.61. The van der Waals surface area contributed by atoms with Crippen molar-refractivity contribution in [2.24, 2.45) is 7.05 Å². The molecule has 0 aliphatic heterocycles. The van der Waals surface area contributed by atoms with Gasteiger partial charge in [0, 0.05) is 18.8 Å². The van der Waals surface area contributed by atoms with Gasteiger partial charge >= 0.3 is 0 Å². The second kappa shape index (κ2) is 4.49. The fraction of sp³-hybridized carbons (Fsp3) is 0.308. The molecule has 4 nitrogen and oxygen atoms in total. The van der Waals surface area contributed by atoms with Crippen LogP contribution in [0.25, 0.3) is 11.3 Å². The van der Waals surface area contributed by atoms with E-state index in [1.807, 2.05) is 51.4 Å². The zero-order chi connectivity index (χ0) is 12.4. The van der Waals surface area contributed by atoms with Crippen molar-refractivity contribution in [1.82, 2.24) is 9.55 Å². The van der Waals surface area contributed by atoms with Gasteiger partial charge in [-0.05, 0) is 38.1 Å². The van der Waals surface area contributed by atoms with Gasteiger partial charge in [0.1, 0.15) is 5.75 Å². The Hall–Kier alpha value is -1.97. The summed E-state index contributed by atoms with van der Waals surface area (Å²) < 4.78 is 7.38. The van der Waals surface area contributed by atoms with Crippen molar-refractivity contribution in [2.45, 2.75) is 20.0 Å². The number of rotatable bonds is 3. The van der Waals surface area contributed by atoms with Crippen molar-refractivity contribution >= 4 is 5.95 Å². The highest BCUT2D eigenvalue weighted by Crippen LogP contribution is 2.22. The first kappa shape index (κ1) is 11.5. The minimum absolute atomic E-state index is 0.186. The molecule has 2 aromatic rings. The van der Waals surface area contributed by atoms with Gasteiger partial charge in [-0.3, -0.25) is 0 Å². The van der Waals surface area contributed by atoms with E-state index in [-0.39, 0.29) is 6.10 Å². The van der Waals surface area contributed by atoms with Gasteiger partial charge in [0.2, 0.25) is 0 Å². The summed E-state index contributed by atoms with van der Waals surface area (Å²) in [5.74, 6) is 1.38. The third-order valence-electron chi connectivity index (χ3n) is 2.43. The second-order valence-electron chi connectivity index (χ2n) is 4.29. The lowest BCUT2D eigenvalue weighted by molar-refractivity contribution is 0.242. The van der Waals surface area contributed by atoms with Crippen LogP contribution in [-0.2, 0) is 7.05 Å². The highest BCUT2D eigenvalue weighted by atomic mass is 16.5. The summed E-state index contributed by atoms with van der Waals surface area (Å²) in [6, 6.07) is 7.86. The molecular formula is C13H17N3O. The third-order valence-corrected chi connectivity index (χ3v) is 2.43.